The molecule has 0 saturated carbocycles. The molecular formula is C35H38ClN7O4. The Morgan fingerprint density at radius 3 is 2.68 bits per heavy atom. The Bertz CT molecular complexity index is 1750. The zero-order valence-electron chi connectivity index (χ0n) is 26.3. The molecule has 2 aromatic carbocycles. The fourth-order valence-electron chi connectivity index (χ4n) is 5.95. The number of pyridine rings is 1. The van der Waals surface area contributed by atoms with Gasteiger partial charge in [-0.15, -0.1) is 0 Å². The molecular weight excluding hydrogens is 618 g/mol. The normalized spacial score (nSPS) is 17.0. The van der Waals surface area contributed by atoms with Crippen molar-refractivity contribution < 1.29 is 19.1 Å². The molecule has 0 bridgehead atoms. The number of rotatable bonds is 11. The van der Waals surface area contributed by atoms with Crippen LogP contribution in [0.15, 0.2) is 73.8 Å². The molecule has 2 aliphatic rings. The van der Waals surface area contributed by atoms with Gasteiger partial charge in [0.15, 0.2) is 0 Å². The summed E-state index contributed by atoms with van der Waals surface area (Å²) in [6.07, 6.45) is 9.58. The third kappa shape index (κ3) is 7.81. The van der Waals surface area contributed by atoms with E-state index in [9.17, 15) is 9.59 Å². The zero-order valence-corrected chi connectivity index (χ0v) is 27.1. The largest absolute Gasteiger partial charge is 0.491 e. The van der Waals surface area contributed by atoms with E-state index in [1.807, 2.05) is 30.3 Å². The van der Waals surface area contributed by atoms with Gasteiger partial charge < -0.3 is 29.9 Å². The molecule has 4 heterocycles. The molecule has 2 aliphatic heterocycles. The highest BCUT2D eigenvalue weighted by Crippen LogP contribution is 2.36. The first-order chi connectivity index (χ1) is 22.9. The summed E-state index contributed by atoms with van der Waals surface area (Å²) in [5.41, 5.74) is 2.76. The minimum atomic E-state index is -0.594. The molecule has 11 nitrogen and oxygen atoms in total. The third-order valence-electron chi connectivity index (χ3n) is 8.63. The number of hydrogen-bond acceptors (Lipinski definition) is 9. The molecule has 12 heteroatoms. The lowest BCUT2D eigenvalue weighted by molar-refractivity contribution is -0.132. The second-order valence-corrected chi connectivity index (χ2v) is 12.4. The minimum absolute atomic E-state index is 0.257. The summed E-state index contributed by atoms with van der Waals surface area (Å²) in [7, 11) is 2.13. The highest BCUT2D eigenvalue weighted by molar-refractivity contribution is 6.32. The molecule has 2 amide bonds. The van der Waals surface area contributed by atoms with Crippen LogP contribution in [-0.4, -0.2) is 75.9 Å². The number of benzene rings is 2. The molecule has 244 valence electrons. The van der Waals surface area contributed by atoms with Gasteiger partial charge in [0.1, 0.15) is 36.3 Å². The number of halogens is 1. The van der Waals surface area contributed by atoms with Crippen molar-refractivity contribution >= 4 is 51.5 Å². The predicted molar refractivity (Wildman–Crippen MR) is 182 cm³/mol. The maximum atomic E-state index is 13.6. The van der Waals surface area contributed by atoms with Crippen molar-refractivity contribution in [2.24, 2.45) is 5.92 Å². The lowest BCUT2D eigenvalue weighted by atomic mass is 9.98. The number of fused-ring (bicyclic) bond motifs is 1. The molecule has 0 aliphatic carbocycles. The molecule has 0 spiro atoms. The van der Waals surface area contributed by atoms with E-state index in [1.54, 1.807) is 29.4 Å². The van der Waals surface area contributed by atoms with Crippen molar-refractivity contribution in [2.45, 2.75) is 38.3 Å². The van der Waals surface area contributed by atoms with Crippen LogP contribution in [0.3, 0.4) is 0 Å². The average Bonchev–Trinajstić information content (AvgIpc) is 3.59. The number of amides is 2. The van der Waals surface area contributed by atoms with Crippen LogP contribution in [0.2, 0.25) is 5.02 Å². The van der Waals surface area contributed by atoms with E-state index in [0.717, 1.165) is 37.9 Å². The average molecular weight is 656 g/mol. The number of nitrogens with zero attached hydrogens (tertiary/aromatic N) is 5. The van der Waals surface area contributed by atoms with Crippen molar-refractivity contribution in [3.8, 4) is 11.5 Å². The number of ether oxygens (including phenoxy) is 2. The lowest BCUT2D eigenvalue weighted by Gasteiger charge is -2.29. The van der Waals surface area contributed by atoms with E-state index < -0.39 is 6.04 Å². The van der Waals surface area contributed by atoms with E-state index in [2.05, 4.69) is 44.1 Å². The SMILES string of the molecule is C=CC(=O)N1CCC[C@H]1C(=O)Nc1cc2c(Nc3ccc(OCc4cccnc4)c(Cl)c3)ncnc2cc1OCC1CCN(C)CC1. The van der Waals surface area contributed by atoms with Gasteiger partial charge in [0.05, 0.1) is 22.8 Å². The number of aromatic nitrogens is 3. The van der Waals surface area contributed by atoms with E-state index in [0.29, 0.717) is 76.7 Å². The van der Waals surface area contributed by atoms with Crippen LogP contribution in [0, 0.1) is 5.92 Å². The van der Waals surface area contributed by atoms with Gasteiger partial charge >= 0.3 is 0 Å². The van der Waals surface area contributed by atoms with Crippen LogP contribution in [0.4, 0.5) is 17.2 Å². The highest BCUT2D eigenvalue weighted by atomic mass is 35.5. The van der Waals surface area contributed by atoms with Crippen LogP contribution in [0.5, 0.6) is 11.5 Å². The smallest absolute Gasteiger partial charge is 0.247 e. The molecule has 6 rings (SSSR count). The Morgan fingerprint density at radius 2 is 1.91 bits per heavy atom. The zero-order chi connectivity index (χ0) is 32.8. The quantitative estimate of drug-likeness (QED) is 0.192. The molecule has 2 aromatic heterocycles. The number of anilines is 3. The van der Waals surface area contributed by atoms with Crippen LogP contribution in [-0.2, 0) is 16.2 Å². The summed E-state index contributed by atoms with van der Waals surface area (Å²) < 4.78 is 12.3. The van der Waals surface area contributed by atoms with Gasteiger partial charge in [-0.2, -0.15) is 0 Å². The van der Waals surface area contributed by atoms with E-state index in [1.165, 1.54) is 12.4 Å². The number of carbonyl (C=O) groups is 2. The Hall–Kier alpha value is -4.74. The Morgan fingerprint density at radius 1 is 1.06 bits per heavy atom. The number of nitrogens with one attached hydrogen (secondary N) is 2. The topological polar surface area (TPSA) is 122 Å². The van der Waals surface area contributed by atoms with Crippen molar-refractivity contribution in [1.82, 2.24) is 24.8 Å². The van der Waals surface area contributed by atoms with Gasteiger partial charge in [0.25, 0.3) is 0 Å². The van der Waals surface area contributed by atoms with Crippen molar-refractivity contribution in [3.63, 3.8) is 0 Å². The molecule has 0 radical (unpaired) electrons. The third-order valence-corrected chi connectivity index (χ3v) is 8.93. The summed E-state index contributed by atoms with van der Waals surface area (Å²) >= 11 is 6.58. The Labute approximate surface area is 278 Å². The number of hydrogen-bond donors (Lipinski definition) is 2. The van der Waals surface area contributed by atoms with E-state index in [4.69, 9.17) is 21.1 Å². The molecule has 0 unspecified atom stereocenters. The highest BCUT2D eigenvalue weighted by Gasteiger charge is 2.33. The van der Waals surface area contributed by atoms with Crippen LogP contribution < -0.4 is 20.1 Å². The van der Waals surface area contributed by atoms with Crippen LogP contribution in [0.1, 0.15) is 31.2 Å². The second-order valence-electron chi connectivity index (χ2n) is 11.9. The molecule has 4 aromatic rings. The lowest BCUT2D eigenvalue weighted by Crippen LogP contribution is -2.42. The van der Waals surface area contributed by atoms with Gasteiger partial charge in [-0.05, 0) is 88.1 Å². The monoisotopic (exact) mass is 655 g/mol. The molecule has 47 heavy (non-hydrogen) atoms. The fourth-order valence-corrected chi connectivity index (χ4v) is 6.19. The van der Waals surface area contributed by atoms with Gasteiger partial charge in [-0.25, -0.2) is 9.97 Å². The first kappa shape index (κ1) is 32.2. The van der Waals surface area contributed by atoms with Crippen LogP contribution >= 0.6 is 11.6 Å². The number of carbonyl (C=O) groups excluding carboxylic acids is 2. The van der Waals surface area contributed by atoms with Crippen molar-refractivity contribution in [3.05, 3.63) is 84.4 Å². The fraction of sp³-hybridized carbons (Fsp3) is 0.343. The first-order valence-corrected chi connectivity index (χ1v) is 16.2. The molecule has 2 saturated heterocycles. The molecule has 2 N–H and O–H groups in total. The first-order valence-electron chi connectivity index (χ1n) is 15.8. The van der Waals surface area contributed by atoms with E-state index in [-0.39, 0.29) is 11.8 Å². The summed E-state index contributed by atoms with van der Waals surface area (Å²) in [5, 5.41) is 7.50. The number of likely N-dealkylation sites (tertiary alicyclic amines) is 2. The minimum Gasteiger partial charge on any atom is -0.491 e. The number of piperidine rings is 1. The van der Waals surface area contributed by atoms with Gasteiger partial charge in [-0.1, -0.05) is 24.2 Å². The maximum Gasteiger partial charge on any atom is 0.247 e. The van der Waals surface area contributed by atoms with Crippen molar-refractivity contribution in [2.75, 3.05) is 43.9 Å². The maximum absolute atomic E-state index is 13.6. The van der Waals surface area contributed by atoms with Gasteiger partial charge in [-0.3, -0.25) is 14.6 Å². The Kier molecular flexibility index (Phi) is 10.1. The summed E-state index contributed by atoms with van der Waals surface area (Å²) in [6.45, 7) is 7.02. The molecule has 1 atom stereocenters. The molecule has 2 fully saturated rings. The standard InChI is InChI=1S/C35H38ClN7O4/c1-3-33(44)43-13-5-7-30(43)35(45)41-29-17-26-28(18-32(29)47-20-23-10-14-42(2)15-11-23)38-22-39-34(26)40-25-8-9-31(27(36)16-25)46-21-24-6-4-12-37-19-24/h3-4,6,8-9,12,16-19,22-23,30H,1,5,7,10-11,13-15,20-21H2,2H3,(H,41,45)(H,38,39,40)/t30-/m0/s1. The second kappa shape index (κ2) is 14.8. The van der Waals surface area contributed by atoms with Gasteiger partial charge in [0, 0.05) is 41.6 Å². The summed E-state index contributed by atoms with van der Waals surface area (Å²) in [4.78, 5) is 43.0. The van der Waals surface area contributed by atoms with Crippen LogP contribution in [0.25, 0.3) is 10.9 Å². The summed E-state index contributed by atoms with van der Waals surface area (Å²) in [5.74, 6) is 1.46. The van der Waals surface area contributed by atoms with Crippen molar-refractivity contribution in [1.29, 1.82) is 0 Å². The summed E-state index contributed by atoms with van der Waals surface area (Å²) in [6, 6.07) is 12.3. The van der Waals surface area contributed by atoms with Gasteiger partial charge in [0.2, 0.25) is 11.8 Å². The Balaban J connectivity index is 1.25. The predicted octanol–water partition coefficient (Wildman–Crippen LogP) is 5.84. The van der Waals surface area contributed by atoms with E-state index >= 15 is 0 Å².